The number of rotatable bonds is 5. The molecule has 5 heteroatoms. The van der Waals surface area contributed by atoms with Gasteiger partial charge < -0.3 is 19.4 Å². The van der Waals surface area contributed by atoms with Gasteiger partial charge in [-0.3, -0.25) is 0 Å². The third kappa shape index (κ3) is 4.24. The van der Waals surface area contributed by atoms with Crippen LogP contribution in [0.1, 0.15) is 11.8 Å². The summed E-state index contributed by atoms with van der Waals surface area (Å²) in [6.07, 6.45) is -0.225. The second-order valence-corrected chi connectivity index (χ2v) is 10.1. The van der Waals surface area contributed by atoms with E-state index in [4.69, 9.17) is 14.1 Å². The van der Waals surface area contributed by atoms with Gasteiger partial charge in [0.15, 0.2) is 11.8 Å². The highest BCUT2D eigenvalue weighted by atomic mass is 16.5. The highest BCUT2D eigenvalue weighted by Crippen LogP contribution is 2.44. The molecule has 1 unspecified atom stereocenters. The molecule has 41 heavy (non-hydrogen) atoms. The fraction of sp³-hybridized carbons (Fsp3) is 0.0278. The van der Waals surface area contributed by atoms with Crippen molar-refractivity contribution in [2.45, 2.75) is 6.23 Å². The number of ether oxygens (including phenoxy) is 1. The van der Waals surface area contributed by atoms with E-state index in [0.29, 0.717) is 5.89 Å². The predicted molar refractivity (Wildman–Crippen MR) is 165 cm³/mol. The van der Waals surface area contributed by atoms with E-state index >= 15 is 0 Å². The minimum absolute atomic E-state index is 0.225. The highest BCUT2D eigenvalue weighted by Gasteiger charge is 2.25. The van der Waals surface area contributed by atoms with Crippen molar-refractivity contribution in [3.8, 4) is 17.2 Å². The van der Waals surface area contributed by atoms with Crippen LogP contribution in [0.4, 0.5) is 22.7 Å². The molecule has 7 aromatic rings. The first-order chi connectivity index (χ1) is 20.3. The molecule has 1 N–H and O–H groups in total. The van der Waals surface area contributed by atoms with E-state index in [-0.39, 0.29) is 6.23 Å². The number of hydrogen-bond acceptors (Lipinski definition) is 5. The molecule has 0 saturated heterocycles. The van der Waals surface area contributed by atoms with Crippen molar-refractivity contribution in [2.24, 2.45) is 0 Å². The number of benzene rings is 6. The molecular formula is C36H25N3O2. The van der Waals surface area contributed by atoms with Gasteiger partial charge in [0.2, 0.25) is 5.89 Å². The molecule has 8 rings (SSSR count). The number of oxazole rings is 1. The molecule has 2 heterocycles. The molecule has 0 aliphatic carbocycles. The lowest BCUT2D eigenvalue weighted by molar-refractivity contribution is 0.260. The Hall–Kier alpha value is -5.55. The van der Waals surface area contributed by atoms with Gasteiger partial charge in [0.05, 0.1) is 5.69 Å². The number of fused-ring (bicyclic) bond motifs is 3. The summed E-state index contributed by atoms with van der Waals surface area (Å²) in [6.45, 7) is 0. The average molecular weight is 532 g/mol. The van der Waals surface area contributed by atoms with Crippen LogP contribution in [0.2, 0.25) is 0 Å². The lowest BCUT2D eigenvalue weighted by Gasteiger charge is -2.26. The number of hydrogen-bond donors (Lipinski definition) is 1. The largest absolute Gasteiger partial charge is 0.464 e. The Morgan fingerprint density at radius 3 is 2.15 bits per heavy atom. The zero-order valence-electron chi connectivity index (χ0n) is 22.1. The van der Waals surface area contributed by atoms with Gasteiger partial charge in [0.1, 0.15) is 11.3 Å². The van der Waals surface area contributed by atoms with Crippen LogP contribution in [0.25, 0.3) is 33.3 Å². The van der Waals surface area contributed by atoms with Crippen LogP contribution >= 0.6 is 0 Å². The molecule has 1 aliphatic heterocycles. The van der Waals surface area contributed by atoms with Gasteiger partial charge in [-0.05, 0) is 59.3 Å². The van der Waals surface area contributed by atoms with E-state index < -0.39 is 0 Å². The van der Waals surface area contributed by atoms with E-state index in [2.05, 4.69) is 95.1 Å². The molecule has 0 saturated carbocycles. The minimum Gasteiger partial charge on any atom is -0.464 e. The topological polar surface area (TPSA) is 50.5 Å². The number of nitrogens with zero attached hydrogens (tertiary/aromatic N) is 2. The molecule has 0 radical (unpaired) electrons. The molecular weight excluding hydrogens is 506 g/mol. The normalized spacial score (nSPS) is 14.0. The van der Waals surface area contributed by atoms with Crippen molar-refractivity contribution < 1.29 is 9.15 Å². The van der Waals surface area contributed by atoms with Crippen molar-refractivity contribution in [3.63, 3.8) is 0 Å². The van der Waals surface area contributed by atoms with E-state index in [1.807, 2.05) is 54.6 Å². The Labute approximate surface area is 237 Å². The van der Waals surface area contributed by atoms with Gasteiger partial charge in [-0.1, -0.05) is 78.9 Å². The fourth-order valence-electron chi connectivity index (χ4n) is 5.46. The first kappa shape index (κ1) is 23.3. The first-order valence-electron chi connectivity index (χ1n) is 13.7. The predicted octanol–water partition coefficient (Wildman–Crippen LogP) is 9.62. The van der Waals surface area contributed by atoms with Crippen molar-refractivity contribution >= 4 is 44.6 Å². The molecule has 1 atom stereocenters. The van der Waals surface area contributed by atoms with Crippen molar-refractivity contribution in [1.82, 2.24) is 4.98 Å². The van der Waals surface area contributed by atoms with Crippen molar-refractivity contribution in [1.29, 1.82) is 0 Å². The van der Waals surface area contributed by atoms with Gasteiger partial charge in [0, 0.05) is 40.3 Å². The Morgan fingerprint density at radius 1 is 0.610 bits per heavy atom. The van der Waals surface area contributed by atoms with Crippen LogP contribution in [-0.4, -0.2) is 4.98 Å². The zero-order valence-corrected chi connectivity index (χ0v) is 22.1. The maximum Gasteiger partial charge on any atom is 0.227 e. The summed E-state index contributed by atoms with van der Waals surface area (Å²) >= 11 is 0. The minimum atomic E-state index is -0.225. The molecule has 0 bridgehead atoms. The maximum absolute atomic E-state index is 6.38. The first-order valence-corrected chi connectivity index (χ1v) is 13.7. The molecule has 0 amide bonds. The van der Waals surface area contributed by atoms with E-state index in [1.54, 1.807) is 0 Å². The lowest BCUT2D eigenvalue weighted by atomic mass is 10.1. The van der Waals surface area contributed by atoms with Gasteiger partial charge in [0.25, 0.3) is 0 Å². The highest BCUT2D eigenvalue weighted by molar-refractivity contribution is 5.91. The summed E-state index contributed by atoms with van der Waals surface area (Å²) in [5.41, 5.74) is 7.55. The summed E-state index contributed by atoms with van der Waals surface area (Å²) in [5, 5.41) is 5.87. The average Bonchev–Trinajstić information content (AvgIpc) is 3.66. The Morgan fingerprint density at radius 2 is 1.29 bits per heavy atom. The monoisotopic (exact) mass is 531 g/mol. The van der Waals surface area contributed by atoms with Gasteiger partial charge in [-0.15, -0.1) is 0 Å². The van der Waals surface area contributed by atoms with Crippen LogP contribution in [0.15, 0.2) is 144 Å². The third-order valence-electron chi connectivity index (χ3n) is 7.50. The van der Waals surface area contributed by atoms with Crippen LogP contribution in [0.5, 0.6) is 5.75 Å². The summed E-state index contributed by atoms with van der Waals surface area (Å²) in [7, 11) is 0. The molecule has 0 fully saturated rings. The molecule has 1 aliphatic rings. The second-order valence-electron chi connectivity index (χ2n) is 10.1. The van der Waals surface area contributed by atoms with Crippen LogP contribution in [0.3, 0.4) is 0 Å². The summed E-state index contributed by atoms with van der Waals surface area (Å²) in [6, 6.07) is 47.6. The maximum atomic E-state index is 6.38. The van der Waals surface area contributed by atoms with E-state index in [0.717, 1.165) is 50.7 Å². The quantitative estimate of drug-likeness (QED) is 0.240. The Kier molecular flexibility index (Phi) is 5.45. The SMILES string of the molecule is c1ccc(-c2nc3ccc(N(c4ccc5c(c4)OC(c4ccccc4)N5)c4ccc5ccccc5c4)cc3o2)cc1. The van der Waals surface area contributed by atoms with Crippen molar-refractivity contribution in [2.75, 3.05) is 10.2 Å². The zero-order chi connectivity index (χ0) is 27.2. The van der Waals surface area contributed by atoms with E-state index in [9.17, 15) is 0 Å². The summed E-state index contributed by atoms with van der Waals surface area (Å²) < 4.78 is 12.6. The third-order valence-corrected chi connectivity index (χ3v) is 7.50. The number of aromatic nitrogens is 1. The van der Waals surface area contributed by atoms with Crippen molar-refractivity contribution in [3.05, 3.63) is 145 Å². The van der Waals surface area contributed by atoms with Crippen LogP contribution < -0.4 is 15.0 Å². The van der Waals surface area contributed by atoms with Gasteiger partial charge in [-0.25, -0.2) is 4.98 Å². The summed E-state index contributed by atoms with van der Waals surface area (Å²) in [5.74, 6) is 1.42. The smallest absolute Gasteiger partial charge is 0.227 e. The fourth-order valence-corrected chi connectivity index (χ4v) is 5.46. The van der Waals surface area contributed by atoms with Gasteiger partial charge in [-0.2, -0.15) is 0 Å². The number of anilines is 4. The molecule has 0 spiro atoms. The molecule has 1 aromatic heterocycles. The number of nitrogens with one attached hydrogen (secondary N) is 1. The van der Waals surface area contributed by atoms with Gasteiger partial charge >= 0.3 is 0 Å². The standard InChI is InChI=1S/C36H25N3O2/c1-3-10-25(11-4-1)35-37-31-19-17-29(22-33(31)40-35)39(28-16-15-24-9-7-8-14-27(24)21-28)30-18-20-32-34(23-30)41-36(38-32)26-12-5-2-6-13-26/h1-23,35,37H. The van der Waals surface area contributed by atoms with Crippen LogP contribution in [0, 0.1) is 0 Å². The molecule has 6 aromatic carbocycles. The van der Waals surface area contributed by atoms with Crippen LogP contribution in [-0.2, 0) is 0 Å². The summed E-state index contributed by atoms with van der Waals surface area (Å²) in [4.78, 5) is 6.97. The molecule has 196 valence electrons. The Balaban J connectivity index is 1.23. The Bertz CT molecular complexity index is 2020. The molecule has 5 nitrogen and oxygen atoms in total. The lowest BCUT2D eigenvalue weighted by Crippen LogP contribution is -2.10. The van der Waals surface area contributed by atoms with E-state index in [1.165, 1.54) is 10.8 Å². The second kappa shape index (κ2) is 9.57.